The summed E-state index contributed by atoms with van der Waals surface area (Å²) in [7, 11) is 0. The minimum absolute atomic E-state index is 0.0182. The van der Waals surface area contributed by atoms with E-state index in [0.29, 0.717) is 0 Å². The molecular weight excluding hydrogens is 206 g/mol. The van der Waals surface area contributed by atoms with Gasteiger partial charge in [0.1, 0.15) is 0 Å². The van der Waals surface area contributed by atoms with Crippen molar-refractivity contribution in [1.82, 2.24) is 15.6 Å². The predicted octanol–water partition coefficient (Wildman–Crippen LogP) is 0.147. The highest BCUT2D eigenvalue weighted by atomic mass is 16.2. The van der Waals surface area contributed by atoms with Gasteiger partial charge in [0.05, 0.1) is 12.5 Å². The highest BCUT2D eigenvalue weighted by Gasteiger charge is 2.31. The molecule has 0 bridgehead atoms. The van der Waals surface area contributed by atoms with Gasteiger partial charge in [0, 0.05) is 18.4 Å². The average molecular weight is 219 g/mol. The molecule has 1 aliphatic heterocycles. The average Bonchev–Trinajstić information content (AvgIpc) is 2.59. The fraction of sp³-hybridized carbons (Fsp3) is 0.364. The molecule has 0 radical (unpaired) electrons. The van der Waals surface area contributed by atoms with Crippen molar-refractivity contribution in [3.63, 3.8) is 0 Å². The quantitative estimate of drug-likeness (QED) is 0.710. The van der Waals surface area contributed by atoms with Crippen LogP contribution >= 0.6 is 0 Å². The summed E-state index contributed by atoms with van der Waals surface area (Å²) in [5.41, 5.74) is 1.04. The molecule has 2 N–H and O–H groups in total. The summed E-state index contributed by atoms with van der Waals surface area (Å²) in [5.74, 6) is -0.463. The fourth-order valence-corrected chi connectivity index (χ4v) is 1.74. The molecule has 1 fully saturated rings. The first-order valence-corrected chi connectivity index (χ1v) is 5.16. The third-order valence-corrected chi connectivity index (χ3v) is 2.63. The first-order chi connectivity index (χ1) is 7.66. The van der Waals surface area contributed by atoms with Crippen LogP contribution in [0.5, 0.6) is 0 Å². The van der Waals surface area contributed by atoms with Crippen LogP contribution in [0, 0.1) is 0 Å². The summed E-state index contributed by atoms with van der Waals surface area (Å²) >= 11 is 0. The van der Waals surface area contributed by atoms with E-state index >= 15 is 0 Å². The van der Waals surface area contributed by atoms with Crippen molar-refractivity contribution >= 4 is 11.8 Å². The van der Waals surface area contributed by atoms with Gasteiger partial charge in [-0.2, -0.15) is 0 Å². The lowest BCUT2D eigenvalue weighted by Gasteiger charge is -2.17. The molecule has 0 aliphatic carbocycles. The lowest BCUT2D eigenvalue weighted by atomic mass is 10.1. The first kappa shape index (κ1) is 10.8. The molecule has 1 aliphatic rings. The van der Waals surface area contributed by atoms with Crippen LogP contribution in [0.1, 0.15) is 24.9 Å². The Morgan fingerprint density at radius 1 is 1.44 bits per heavy atom. The molecule has 1 aromatic heterocycles. The van der Waals surface area contributed by atoms with Crippen LogP contribution < -0.4 is 10.6 Å². The topological polar surface area (TPSA) is 71.1 Å². The highest BCUT2D eigenvalue weighted by Crippen LogP contribution is 2.13. The largest absolute Gasteiger partial charge is 0.299 e. The molecule has 5 heteroatoms. The fourth-order valence-electron chi connectivity index (χ4n) is 1.74. The number of aromatic nitrogens is 1. The molecule has 2 heterocycles. The van der Waals surface area contributed by atoms with Gasteiger partial charge in [-0.3, -0.25) is 25.2 Å². The molecule has 5 nitrogen and oxygen atoms in total. The zero-order valence-electron chi connectivity index (χ0n) is 8.93. The Bertz CT molecular complexity index is 405. The Kier molecular flexibility index (Phi) is 2.96. The second-order valence-corrected chi connectivity index (χ2v) is 3.84. The van der Waals surface area contributed by atoms with Gasteiger partial charge in [0.2, 0.25) is 11.8 Å². The third-order valence-electron chi connectivity index (χ3n) is 2.63. The molecule has 2 amide bonds. The van der Waals surface area contributed by atoms with Gasteiger partial charge < -0.3 is 0 Å². The number of carbonyl (C=O) groups is 2. The van der Waals surface area contributed by atoms with Crippen LogP contribution in [-0.4, -0.2) is 22.8 Å². The van der Waals surface area contributed by atoms with E-state index in [4.69, 9.17) is 0 Å². The molecular formula is C11H13N3O2. The maximum Gasteiger partial charge on any atom is 0.244 e. The van der Waals surface area contributed by atoms with E-state index in [1.54, 1.807) is 12.4 Å². The minimum Gasteiger partial charge on any atom is -0.299 e. The third kappa shape index (κ3) is 2.25. The van der Waals surface area contributed by atoms with Crippen LogP contribution in [0.15, 0.2) is 24.5 Å². The molecule has 0 saturated carbocycles. The lowest BCUT2D eigenvalue weighted by Crippen LogP contribution is -2.37. The van der Waals surface area contributed by atoms with Gasteiger partial charge in [-0.1, -0.05) is 0 Å². The summed E-state index contributed by atoms with van der Waals surface area (Å²) in [4.78, 5) is 26.3. The van der Waals surface area contributed by atoms with Crippen molar-refractivity contribution in [2.75, 3.05) is 0 Å². The van der Waals surface area contributed by atoms with E-state index < -0.39 is 6.04 Å². The Labute approximate surface area is 93.3 Å². The van der Waals surface area contributed by atoms with E-state index in [2.05, 4.69) is 15.6 Å². The molecule has 1 aromatic rings. The molecule has 0 spiro atoms. The van der Waals surface area contributed by atoms with E-state index in [0.717, 1.165) is 5.56 Å². The predicted molar refractivity (Wildman–Crippen MR) is 57.3 cm³/mol. The van der Waals surface area contributed by atoms with Gasteiger partial charge in [0.15, 0.2) is 0 Å². The van der Waals surface area contributed by atoms with Gasteiger partial charge in [-0.15, -0.1) is 0 Å². The SMILES string of the molecule is CC(NC1CC(=O)NC1=O)c1ccncc1. The van der Waals surface area contributed by atoms with Crippen LogP contribution in [0.2, 0.25) is 0 Å². The van der Waals surface area contributed by atoms with Crippen LogP contribution in [0.25, 0.3) is 0 Å². The molecule has 16 heavy (non-hydrogen) atoms. The molecule has 2 atom stereocenters. The number of imide groups is 1. The maximum absolute atomic E-state index is 11.3. The number of hydrogen-bond donors (Lipinski definition) is 2. The van der Waals surface area contributed by atoms with Crippen molar-refractivity contribution in [3.8, 4) is 0 Å². The lowest BCUT2D eigenvalue weighted by molar-refractivity contribution is -0.125. The van der Waals surface area contributed by atoms with Crippen molar-refractivity contribution < 1.29 is 9.59 Å². The van der Waals surface area contributed by atoms with Crippen LogP contribution in [0.3, 0.4) is 0 Å². The van der Waals surface area contributed by atoms with Crippen LogP contribution in [-0.2, 0) is 9.59 Å². The van der Waals surface area contributed by atoms with Gasteiger partial charge in [-0.25, -0.2) is 0 Å². The van der Waals surface area contributed by atoms with Crippen LogP contribution in [0.4, 0.5) is 0 Å². The first-order valence-electron chi connectivity index (χ1n) is 5.16. The molecule has 2 unspecified atom stereocenters. The summed E-state index contributed by atoms with van der Waals surface area (Å²) in [5, 5.41) is 5.39. The van der Waals surface area contributed by atoms with Crippen molar-refractivity contribution in [2.45, 2.75) is 25.4 Å². The molecule has 1 saturated heterocycles. The number of pyridine rings is 1. The van der Waals surface area contributed by atoms with Crippen molar-refractivity contribution in [3.05, 3.63) is 30.1 Å². The summed E-state index contributed by atoms with van der Waals surface area (Å²) < 4.78 is 0. The Hall–Kier alpha value is -1.75. The number of amides is 2. The smallest absolute Gasteiger partial charge is 0.244 e. The van der Waals surface area contributed by atoms with Crippen molar-refractivity contribution in [2.24, 2.45) is 0 Å². The number of rotatable bonds is 3. The normalized spacial score (nSPS) is 21.9. The van der Waals surface area contributed by atoms with Gasteiger partial charge in [0.25, 0.3) is 0 Å². The standard InChI is InChI=1S/C11H13N3O2/c1-7(8-2-4-12-5-3-8)13-9-6-10(15)14-11(9)16/h2-5,7,9,13H,6H2,1H3,(H,14,15,16). The Morgan fingerprint density at radius 3 is 2.69 bits per heavy atom. The minimum atomic E-state index is -0.421. The molecule has 0 aromatic carbocycles. The van der Waals surface area contributed by atoms with Gasteiger partial charge in [-0.05, 0) is 24.6 Å². The zero-order valence-corrected chi connectivity index (χ0v) is 8.93. The second kappa shape index (κ2) is 4.40. The Morgan fingerprint density at radius 2 is 2.12 bits per heavy atom. The van der Waals surface area contributed by atoms with E-state index in [-0.39, 0.29) is 24.3 Å². The van der Waals surface area contributed by atoms with E-state index in [9.17, 15) is 9.59 Å². The summed E-state index contributed by atoms with van der Waals surface area (Å²) in [6.07, 6.45) is 3.62. The number of hydrogen-bond acceptors (Lipinski definition) is 4. The number of nitrogens with one attached hydrogen (secondary N) is 2. The number of carbonyl (C=O) groups excluding carboxylic acids is 2. The van der Waals surface area contributed by atoms with E-state index in [1.807, 2.05) is 19.1 Å². The maximum atomic E-state index is 11.3. The van der Waals surface area contributed by atoms with Crippen molar-refractivity contribution in [1.29, 1.82) is 0 Å². The number of nitrogens with zero attached hydrogens (tertiary/aromatic N) is 1. The monoisotopic (exact) mass is 219 g/mol. The molecule has 2 rings (SSSR count). The Balaban J connectivity index is 2.00. The summed E-state index contributed by atoms with van der Waals surface area (Å²) in [6.45, 7) is 1.95. The van der Waals surface area contributed by atoms with E-state index in [1.165, 1.54) is 0 Å². The summed E-state index contributed by atoms with van der Waals surface area (Å²) in [6, 6.07) is 3.36. The zero-order chi connectivity index (χ0) is 11.5. The highest BCUT2D eigenvalue weighted by molar-refractivity contribution is 6.05. The molecule has 84 valence electrons. The second-order valence-electron chi connectivity index (χ2n) is 3.84. The van der Waals surface area contributed by atoms with Gasteiger partial charge >= 0.3 is 0 Å².